The Morgan fingerprint density at radius 2 is 2.08 bits per heavy atom. The van der Waals surface area contributed by atoms with Crippen LogP contribution in [0, 0.1) is 13.8 Å². The molecule has 2 aliphatic heterocycles. The van der Waals surface area contributed by atoms with Crippen LogP contribution in [0.1, 0.15) is 40.6 Å². The zero-order chi connectivity index (χ0) is 17.6. The summed E-state index contributed by atoms with van der Waals surface area (Å²) < 4.78 is 4.83. The Hall–Kier alpha value is -1.54. The Bertz CT molecular complexity index is 730. The SMILES string of the molecule is COC(=O)c1c(NC(=O)[C@H]2CS[C@@]3(C)CCC(=O)N23)sc(C)c1C. The molecular formula is C16H20N2O4S2. The van der Waals surface area contributed by atoms with E-state index in [0.717, 1.165) is 16.9 Å². The van der Waals surface area contributed by atoms with Gasteiger partial charge >= 0.3 is 5.97 Å². The Morgan fingerprint density at radius 3 is 2.75 bits per heavy atom. The minimum absolute atomic E-state index is 0.0226. The summed E-state index contributed by atoms with van der Waals surface area (Å²) in [6.45, 7) is 5.74. The quantitative estimate of drug-likeness (QED) is 0.830. The number of aryl methyl sites for hydroxylation is 1. The van der Waals surface area contributed by atoms with Gasteiger partial charge in [0.15, 0.2) is 0 Å². The second-order valence-corrected chi connectivity index (χ2v) is 8.96. The predicted molar refractivity (Wildman–Crippen MR) is 94.5 cm³/mol. The fourth-order valence-corrected chi connectivity index (χ4v) is 5.76. The van der Waals surface area contributed by atoms with Gasteiger partial charge in [0.25, 0.3) is 0 Å². The summed E-state index contributed by atoms with van der Waals surface area (Å²) >= 11 is 3.00. The van der Waals surface area contributed by atoms with Crippen molar-refractivity contribution in [2.45, 2.75) is 44.5 Å². The minimum atomic E-state index is -0.497. The largest absolute Gasteiger partial charge is 0.465 e. The average molecular weight is 368 g/mol. The minimum Gasteiger partial charge on any atom is -0.465 e. The van der Waals surface area contributed by atoms with E-state index in [0.29, 0.717) is 22.7 Å². The summed E-state index contributed by atoms with van der Waals surface area (Å²) in [7, 11) is 1.32. The lowest BCUT2D eigenvalue weighted by Crippen LogP contribution is -2.48. The van der Waals surface area contributed by atoms with Crippen LogP contribution in [-0.4, -0.2) is 46.5 Å². The average Bonchev–Trinajstić information content (AvgIpc) is 3.12. The highest BCUT2D eigenvalue weighted by atomic mass is 32.2. The Morgan fingerprint density at radius 1 is 1.38 bits per heavy atom. The van der Waals surface area contributed by atoms with E-state index in [-0.39, 0.29) is 16.7 Å². The van der Waals surface area contributed by atoms with E-state index in [1.807, 2.05) is 20.8 Å². The van der Waals surface area contributed by atoms with Gasteiger partial charge in [-0.2, -0.15) is 0 Å². The van der Waals surface area contributed by atoms with E-state index in [1.165, 1.54) is 18.4 Å². The Balaban J connectivity index is 1.85. The number of carbonyl (C=O) groups excluding carboxylic acids is 3. The highest BCUT2D eigenvalue weighted by Gasteiger charge is 2.53. The molecule has 0 aliphatic carbocycles. The summed E-state index contributed by atoms with van der Waals surface area (Å²) in [6.07, 6.45) is 1.25. The first-order chi connectivity index (χ1) is 11.3. The molecule has 2 atom stereocenters. The second kappa shape index (κ2) is 6.07. The topological polar surface area (TPSA) is 75.7 Å². The molecular weight excluding hydrogens is 348 g/mol. The van der Waals surface area contributed by atoms with Crippen LogP contribution >= 0.6 is 23.1 Å². The van der Waals surface area contributed by atoms with E-state index in [9.17, 15) is 14.4 Å². The number of ether oxygens (including phenoxy) is 1. The number of thiophene rings is 1. The van der Waals surface area contributed by atoms with Crippen molar-refractivity contribution in [2.75, 3.05) is 18.2 Å². The molecule has 6 nitrogen and oxygen atoms in total. The summed E-state index contributed by atoms with van der Waals surface area (Å²) in [5, 5.41) is 3.34. The summed E-state index contributed by atoms with van der Waals surface area (Å²) in [6, 6.07) is -0.497. The van der Waals surface area contributed by atoms with Crippen molar-refractivity contribution >= 4 is 45.9 Å². The van der Waals surface area contributed by atoms with Crippen LogP contribution in [0.15, 0.2) is 0 Å². The molecule has 0 aromatic carbocycles. The molecule has 2 aliphatic rings. The van der Waals surface area contributed by atoms with E-state index >= 15 is 0 Å². The molecule has 0 unspecified atom stereocenters. The van der Waals surface area contributed by atoms with E-state index in [1.54, 1.807) is 16.7 Å². The van der Waals surface area contributed by atoms with Crippen LogP contribution in [-0.2, 0) is 14.3 Å². The number of esters is 1. The number of nitrogens with one attached hydrogen (secondary N) is 1. The first kappa shape index (κ1) is 17.3. The van der Waals surface area contributed by atoms with Gasteiger partial charge in [0, 0.05) is 17.1 Å². The lowest BCUT2D eigenvalue weighted by Gasteiger charge is -2.29. The Labute approximate surface area is 148 Å². The second-order valence-electron chi connectivity index (χ2n) is 6.23. The summed E-state index contributed by atoms with van der Waals surface area (Å²) in [5.41, 5.74) is 1.21. The maximum atomic E-state index is 12.8. The molecule has 0 radical (unpaired) electrons. The first-order valence-corrected chi connectivity index (χ1v) is 9.54. The summed E-state index contributed by atoms with van der Waals surface area (Å²) in [4.78, 5) is 39.3. The van der Waals surface area contributed by atoms with Crippen molar-refractivity contribution in [3.8, 4) is 0 Å². The van der Waals surface area contributed by atoms with Crippen molar-refractivity contribution in [3.05, 3.63) is 16.0 Å². The van der Waals surface area contributed by atoms with Crippen molar-refractivity contribution in [3.63, 3.8) is 0 Å². The molecule has 2 fully saturated rings. The number of amides is 2. The maximum Gasteiger partial charge on any atom is 0.341 e. The van der Waals surface area contributed by atoms with E-state index in [4.69, 9.17) is 4.74 Å². The van der Waals surface area contributed by atoms with Gasteiger partial charge in [-0.3, -0.25) is 9.59 Å². The van der Waals surface area contributed by atoms with Gasteiger partial charge < -0.3 is 15.0 Å². The van der Waals surface area contributed by atoms with Crippen molar-refractivity contribution < 1.29 is 19.1 Å². The molecule has 2 saturated heterocycles. The summed E-state index contributed by atoms with van der Waals surface area (Å²) in [5.74, 6) is -0.109. The van der Waals surface area contributed by atoms with Crippen LogP contribution in [0.2, 0.25) is 0 Å². The van der Waals surface area contributed by atoms with Gasteiger partial charge in [-0.15, -0.1) is 23.1 Å². The van der Waals surface area contributed by atoms with E-state index in [2.05, 4.69) is 5.32 Å². The highest BCUT2D eigenvalue weighted by Crippen LogP contribution is 2.47. The van der Waals surface area contributed by atoms with Crippen LogP contribution < -0.4 is 5.32 Å². The number of nitrogens with zero attached hydrogens (tertiary/aromatic N) is 1. The molecule has 2 amide bonds. The molecule has 1 N–H and O–H groups in total. The van der Waals surface area contributed by atoms with Gasteiger partial charge in [0.2, 0.25) is 11.8 Å². The third-order valence-corrected chi connectivity index (χ3v) is 7.39. The molecule has 1 aromatic rings. The molecule has 8 heteroatoms. The zero-order valence-corrected chi connectivity index (χ0v) is 15.7. The third kappa shape index (κ3) is 2.61. The molecule has 130 valence electrons. The first-order valence-electron chi connectivity index (χ1n) is 7.74. The van der Waals surface area contributed by atoms with Crippen LogP contribution in [0.4, 0.5) is 5.00 Å². The molecule has 0 spiro atoms. The lowest BCUT2D eigenvalue weighted by atomic mass is 10.1. The van der Waals surface area contributed by atoms with Crippen molar-refractivity contribution in [1.29, 1.82) is 0 Å². The van der Waals surface area contributed by atoms with Gasteiger partial charge in [-0.1, -0.05) is 0 Å². The Kier molecular flexibility index (Phi) is 4.37. The number of hydrogen-bond acceptors (Lipinski definition) is 6. The highest BCUT2D eigenvalue weighted by molar-refractivity contribution is 8.01. The predicted octanol–water partition coefficient (Wildman–Crippen LogP) is 2.54. The van der Waals surface area contributed by atoms with Gasteiger partial charge in [0.05, 0.1) is 17.5 Å². The van der Waals surface area contributed by atoms with Gasteiger partial charge in [-0.25, -0.2) is 4.79 Å². The number of fused-ring (bicyclic) bond motifs is 1. The monoisotopic (exact) mass is 368 g/mol. The maximum absolute atomic E-state index is 12.8. The van der Waals surface area contributed by atoms with Gasteiger partial charge in [-0.05, 0) is 32.8 Å². The van der Waals surface area contributed by atoms with Crippen molar-refractivity contribution in [1.82, 2.24) is 4.90 Å². The molecule has 3 heterocycles. The number of hydrogen-bond donors (Lipinski definition) is 1. The van der Waals surface area contributed by atoms with Gasteiger partial charge in [0.1, 0.15) is 11.0 Å². The number of thioether (sulfide) groups is 1. The van der Waals surface area contributed by atoms with Crippen molar-refractivity contribution in [2.24, 2.45) is 0 Å². The third-order valence-electron chi connectivity index (χ3n) is 4.76. The number of methoxy groups -OCH3 is 1. The number of anilines is 1. The van der Waals surface area contributed by atoms with Crippen LogP contribution in [0.25, 0.3) is 0 Å². The lowest BCUT2D eigenvalue weighted by molar-refractivity contribution is -0.135. The fraction of sp³-hybridized carbons (Fsp3) is 0.562. The number of carbonyl (C=O) groups is 3. The van der Waals surface area contributed by atoms with Crippen LogP contribution in [0.3, 0.4) is 0 Å². The fourth-order valence-electron chi connectivity index (χ4n) is 3.27. The molecule has 0 saturated carbocycles. The van der Waals surface area contributed by atoms with Crippen LogP contribution in [0.5, 0.6) is 0 Å². The zero-order valence-electron chi connectivity index (χ0n) is 14.1. The molecule has 0 bridgehead atoms. The normalized spacial score (nSPS) is 25.8. The molecule has 24 heavy (non-hydrogen) atoms. The molecule has 1 aromatic heterocycles. The number of rotatable bonds is 3. The molecule has 3 rings (SSSR count). The smallest absolute Gasteiger partial charge is 0.341 e. The standard InChI is InChI=1S/C16H20N2O4S2/c1-8-9(2)24-14(12(8)15(21)22-4)17-13(20)10-7-23-16(3)6-5-11(19)18(10)16/h10H,5-7H2,1-4H3,(H,17,20)/t10-,16+/m1/s1. The van der Waals surface area contributed by atoms with E-state index < -0.39 is 12.0 Å².